The zero-order valence-corrected chi connectivity index (χ0v) is 12.8. The Balaban J connectivity index is 2.07. The van der Waals surface area contributed by atoms with E-state index in [4.69, 9.17) is 9.47 Å². The fourth-order valence-corrected chi connectivity index (χ4v) is 2.52. The topological polar surface area (TPSA) is 38.8 Å². The number of hydrogen-bond acceptors (Lipinski definition) is 4. The van der Waals surface area contributed by atoms with E-state index in [1.165, 1.54) is 13.2 Å². The molecule has 0 spiro atoms. The summed E-state index contributed by atoms with van der Waals surface area (Å²) in [6.45, 7) is 6.62. The molecule has 0 N–H and O–H groups in total. The summed E-state index contributed by atoms with van der Waals surface area (Å²) in [7, 11) is 1.42. The molecule has 0 aliphatic carbocycles. The highest BCUT2D eigenvalue weighted by molar-refractivity contribution is 5.89. The number of ether oxygens (including phenoxy) is 2. The van der Waals surface area contributed by atoms with Gasteiger partial charge in [0.05, 0.1) is 25.9 Å². The number of Topliss-reactive ketones (excluding diaryl/α,β-unsaturated/α-hetero) is 1. The fourth-order valence-electron chi connectivity index (χ4n) is 2.52. The highest BCUT2D eigenvalue weighted by Gasteiger charge is 2.34. The van der Waals surface area contributed by atoms with Crippen molar-refractivity contribution in [3.63, 3.8) is 0 Å². The summed E-state index contributed by atoms with van der Waals surface area (Å²) < 4.78 is 23.9. The normalized spacial score (nSPS) is 16.8. The molecule has 1 saturated heterocycles. The molecular weight excluding hydrogens is 273 g/mol. The van der Waals surface area contributed by atoms with Crippen LogP contribution in [0.1, 0.15) is 19.4 Å². The van der Waals surface area contributed by atoms with Crippen molar-refractivity contribution in [2.24, 2.45) is 0 Å². The van der Waals surface area contributed by atoms with E-state index in [-0.39, 0.29) is 18.0 Å². The maximum absolute atomic E-state index is 13.7. The number of benzene rings is 1. The van der Waals surface area contributed by atoms with E-state index in [2.05, 4.69) is 4.90 Å². The Morgan fingerprint density at radius 3 is 2.62 bits per heavy atom. The molecule has 5 heteroatoms. The van der Waals surface area contributed by atoms with Crippen LogP contribution in [0.5, 0.6) is 5.75 Å². The van der Waals surface area contributed by atoms with Crippen LogP contribution in [0.3, 0.4) is 0 Å². The predicted octanol–water partition coefficient (Wildman–Crippen LogP) is 2.06. The minimum Gasteiger partial charge on any atom is -0.494 e. The summed E-state index contributed by atoms with van der Waals surface area (Å²) in [5.41, 5.74) is 0.0971. The van der Waals surface area contributed by atoms with Crippen LogP contribution < -0.4 is 4.74 Å². The number of carbonyl (C=O) groups excluding carboxylic acids is 1. The minimum atomic E-state index is -0.569. The number of ketones is 1. The quantitative estimate of drug-likeness (QED) is 0.833. The number of carbonyl (C=O) groups is 1. The average Bonchev–Trinajstić information content (AvgIpc) is 2.48. The number of rotatable bonds is 5. The first-order chi connectivity index (χ1) is 9.95. The van der Waals surface area contributed by atoms with Crippen LogP contribution in [0.25, 0.3) is 0 Å². The zero-order valence-electron chi connectivity index (χ0n) is 12.8. The van der Waals surface area contributed by atoms with Gasteiger partial charge in [0.15, 0.2) is 17.3 Å². The first kappa shape index (κ1) is 15.9. The average molecular weight is 295 g/mol. The van der Waals surface area contributed by atoms with Gasteiger partial charge in [-0.2, -0.15) is 0 Å². The maximum atomic E-state index is 13.7. The van der Waals surface area contributed by atoms with Gasteiger partial charge in [-0.15, -0.1) is 0 Å². The van der Waals surface area contributed by atoms with E-state index in [1.54, 1.807) is 12.1 Å². The van der Waals surface area contributed by atoms with E-state index in [1.807, 2.05) is 13.8 Å². The molecule has 0 radical (unpaired) electrons. The number of hydrogen-bond donors (Lipinski definition) is 0. The van der Waals surface area contributed by atoms with Gasteiger partial charge < -0.3 is 9.47 Å². The summed E-state index contributed by atoms with van der Waals surface area (Å²) in [5.74, 6) is -0.167. The van der Waals surface area contributed by atoms with Gasteiger partial charge in [0.25, 0.3) is 0 Å². The van der Waals surface area contributed by atoms with Crippen molar-refractivity contribution in [2.45, 2.75) is 25.8 Å². The molecule has 1 aliphatic rings. The van der Waals surface area contributed by atoms with Crippen molar-refractivity contribution in [1.29, 1.82) is 0 Å². The second-order valence-electron chi connectivity index (χ2n) is 5.73. The molecule has 1 aliphatic heterocycles. The van der Waals surface area contributed by atoms with Gasteiger partial charge in [0.1, 0.15) is 0 Å². The molecular formula is C16H22FNO3. The van der Waals surface area contributed by atoms with E-state index in [0.29, 0.717) is 18.8 Å². The van der Waals surface area contributed by atoms with Crippen molar-refractivity contribution < 1.29 is 18.7 Å². The molecule has 0 atom stereocenters. The van der Waals surface area contributed by atoms with Gasteiger partial charge in [-0.1, -0.05) is 6.07 Å². The number of morpholine rings is 1. The third-order valence-electron chi connectivity index (χ3n) is 4.06. The van der Waals surface area contributed by atoms with E-state index in [9.17, 15) is 9.18 Å². The third-order valence-corrected chi connectivity index (χ3v) is 4.06. The Hall–Kier alpha value is -1.46. The molecule has 116 valence electrons. The van der Waals surface area contributed by atoms with E-state index < -0.39 is 11.4 Å². The van der Waals surface area contributed by atoms with Gasteiger partial charge >= 0.3 is 0 Å². The van der Waals surface area contributed by atoms with Crippen LogP contribution in [0, 0.1) is 5.82 Å². The van der Waals surface area contributed by atoms with Gasteiger partial charge in [-0.25, -0.2) is 4.39 Å². The first-order valence-electron chi connectivity index (χ1n) is 7.13. The second kappa shape index (κ2) is 6.54. The van der Waals surface area contributed by atoms with Crippen molar-refractivity contribution in [2.75, 3.05) is 33.4 Å². The highest BCUT2D eigenvalue weighted by atomic mass is 19.1. The predicted molar refractivity (Wildman–Crippen MR) is 78.1 cm³/mol. The summed E-state index contributed by atoms with van der Waals surface area (Å²) in [5, 5.41) is 0. The fraction of sp³-hybridized carbons (Fsp3) is 0.562. The standard InChI is InChI=1S/C16H22FNO3/c1-16(2,18-6-8-21-9-7-18)15(19)11-12-4-5-14(20-3)13(17)10-12/h4-5,10H,6-9,11H2,1-3H3. The number of methoxy groups -OCH3 is 1. The van der Waals surface area contributed by atoms with Crippen LogP contribution in [0.4, 0.5) is 4.39 Å². The molecule has 0 aromatic heterocycles. The highest BCUT2D eigenvalue weighted by Crippen LogP contribution is 2.22. The van der Waals surface area contributed by atoms with Gasteiger partial charge in [-0.05, 0) is 31.5 Å². The lowest BCUT2D eigenvalue weighted by Crippen LogP contribution is -2.54. The summed E-state index contributed by atoms with van der Waals surface area (Å²) in [4.78, 5) is 14.7. The van der Waals surface area contributed by atoms with Gasteiger partial charge in [0, 0.05) is 19.5 Å². The van der Waals surface area contributed by atoms with Crippen LogP contribution in [0.15, 0.2) is 18.2 Å². The lowest BCUT2D eigenvalue weighted by Gasteiger charge is -2.39. The number of halogens is 1. The Bertz CT molecular complexity index is 510. The van der Waals surface area contributed by atoms with Crippen molar-refractivity contribution >= 4 is 5.78 Å². The number of nitrogens with zero attached hydrogens (tertiary/aromatic N) is 1. The summed E-state index contributed by atoms with van der Waals surface area (Å²) in [6, 6.07) is 4.65. The van der Waals surface area contributed by atoms with Gasteiger partial charge in [-0.3, -0.25) is 9.69 Å². The molecule has 4 nitrogen and oxygen atoms in total. The Morgan fingerprint density at radius 1 is 1.38 bits per heavy atom. The molecule has 0 bridgehead atoms. The Labute approximate surface area is 124 Å². The molecule has 1 aromatic carbocycles. The molecule has 1 aromatic rings. The van der Waals surface area contributed by atoms with Gasteiger partial charge in [0.2, 0.25) is 0 Å². The van der Waals surface area contributed by atoms with Crippen LogP contribution in [0.2, 0.25) is 0 Å². The van der Waals surface area contributed by atoms with Crippen molar-refractivity contribution in [3.05, 3.63) is 29.6 Å². The lowest BCUT2D eigenvalue weighted by molar-refractivity contribution is -0.131. The smallest absolute Gasteiger partial charge is 0.165 e. The molecule has 0 amide bonds. The monoisotopic (exact) mass is 295 g/mol. The molecule has 1 heterocycles. The Kier molecular flexibility index (Phi) is 4.96. The summed E-state index contributed by atoms with van der Waals surface area (Å²) >= 11 is 0. The second-order valence-corrected chi connectivity index (χ2v) is 5.73. The van der Waals surface area contributed by atoms with E-state index in [0.717, 1.165) is 13.1 Å². The SMILES string of the molecule is COc1ccc(CC(=O)C(C)(C)N2CCOCC2)cc1F. The lowest BCUT2D eigenvalue weighted by atomic mass is 9.91. The summed E-state index contributed by atoms with van der Waals surface area (Å²) in [6.07, 6.45) is 0.214. The van der Waals surface area contributed by atoms with Crippen molar-refractivity contribution in [1.82, 2.24) is 4.90 Å². The van der Waals surface area contributed by atoms with Crippen LogP contribution in [-0.2, 0) is 16.0 Å². The van der Waals surface area contributed by atoms with E-state index >= 15 is 0 Å². The molecule has 2 rings (SSSR count). The first-order valence-corrected chi connectivity index (χ1v) is 7.13. The van der Waals surface area contributed by atoms with Crippen molar-refractivity contribution in [3.8, 4) is 5.75 Å². The zero-order chi connectivity index (χ0) is 15.5. The minimum absolute atomic E-state index is 0.0777. The molecule has 0 unspecified atom stereocenters. The molecule has 0 saturated carbocycles. The van der Waals surface area contributed by atoms with Crippen LogP contribution in [-0.4, -0.2) is 49.6 Å². The molecule has 21 heavy (non-hydrogen) atoms. The Morgan fingerprint density at radius 2 is 2.05 bits per heavy atom. The largest absolute Gasteiger partial charge is 0.494 e. The third kappa shape index (κ3) is 3.60. The maximum Gasteiger partial charge on any atom is 0.165 e. The molecule has 1 fully saturated rings. The van der Waals surface area contributed by atoms with Crippen LogP contribution >= 0.6 is 0 Å².